The summed E-state index contributed by atoms with van der Waals surface area (Å²) in [4.78, 5) is 11.5. The molecule has 0 fully saturated rings. The van der Waals surface area contributed by atoms with Crippen molar-refractivity contribution in [3.63, 3.8) is 0 Å². The summed E-state index contributed by atoms with van der Waals surface area (Å²) in [7, 11) is 1.51. The third-order valence-electron chi connectivity index (χ3n) is 2.95. The molecule has 0 aliphatic carbocycles. The van der Waals surface area contributed by atoms with Crippen LogP contribution in [0.2, 0.25) is 0 Å². The number of hydrogen-bond donors (Lipinski definition) is 1. The molecule has 0 spiro atoms. The first-order chi connectivity index (χ1) is 9.61. The van der Waals surface area contributed by atoms with Crippen LogP contribution in [0, 0.1) is 0 Å². The second kappa shape index (κ2) is 6.10. The molecule has 4 heteroatoms. The van der Waals surface area contributed by atoms with Gasteiger partial charge in [0.15, 0.2) is 5.78 Å². The van der Waals surface area contributed by atoms with E-state index in [1.807, 2.05) is 30.3 Å². The molecule has 2 aromatic carbocycles. The van der Waals surface area contributed by atoms with Crippen LogP contribution in [-0.2, 0) is 6.61 Å². The van der Waals surface area contributed by atoms with Gasteiger partial charge in [-0.1, -0.05) is 30.3 Å². The highest BCUT2D eigenvalue weighted by molar-refractivity contribution is 5.98. The molecule has 0 atom stereocenters. The van der Waals surface area contributed by atoms with Crippen molar-refractivity contribution >= 4 is 11.5 Å². The van der Waals surface area contributed by atoms with Gasteiger partial charge in [0, 0.05) is 6.07 Å². The van der Waals surface area contributed by atoms with Crippen LogP contribution in [0.15, 0.2) is 42.5 Å². The molecule has 2 N–H and O–H groups in total. The zero-order valence-electron chi connectivity index (χ0n) is 11.6. The molecule has 0 radical (unpaired) electrons. The number of methoxy groups -OCH3 is 1. The van der Waals surface area contributed by atoms with Crippen LogP contribution in [0.3, 0.4) is 0 Å². The lowest BCUT2D eigenvalue weighted by Gasteiger charge is -2.13. The van der Waals surface area contributed by atoms with Crippen molar-refractivity contribution in [3.8, 4) is 11.5 Å². The molecule has 0 saturated carbocycles. The summed E-state index contributed by atoms with van der Waals surface area (Å²) in [6, 6.07) is 13.0. The number of Topliss-reactive ketones (excluding diaryl/α,β-unsaturated/α-hetero) is 1. The summed E-state index contributed by atoms with van der Waals surface area (Å²) >= 11 is 0. The monoisotopic (exact) mass is 271 g/mol. The maximum Gasteiger partial charge on any atom is 0.163 e. The number of carbonyl (C=O) groups is 1. The standard InChI is InChI=1S/C16H17NO3/c1-11(18)13-8-14(17)16(9-15(13)19-2)20-10-12-6-4-3-5-7-12/h3-9H,10,17H2,1-2H3. The maximum absolute atomic E-state index is 11.5. The topological polar surface area (TPSA) is 61.6 Å². The lowest BCUT2D eigenvalue weighted by Crippen LogP contribution is -2.03. The minimum Gasteiger partial charge on any atom is -0.496 e. The van der Waals surface area contributed by atoms with E-state index in [4.69, 9.17) is 15.2 Å². The van der Waals surface area contributed by atoms with Gasteiger partial charge in [0.25, 0.3) is 0 Å². The first-order valence-electron chi connectivity index (χ1n) is 6.27. The van der Waals surface area contributed by atoms with Crippen molar-refractivity contribution in [3.05, 3.63) is 53.6 Å². The van der Waals surface area contributed by atoms with E-state index in [0.717, 1.165) is 5.56 Å². The number of ketones is 1. The fourth-order valence-corrected chi connectivity index (χ4v) is 1.88. The number of carbonyl (C=O) groups excluding carboxylic acids is 1. The SMILES string of the molecule is COc1cc(OCc2ccccc2)c(N)cc1C(C)=O. The van der Waals surface area contributed by atoms with Crippen molar-refractivity contribution in [2.75, 3.05) is 12.8 Å². The predicted octanol–water partition coefficient (Wildman–Crippen LogP) is 3.06. The first-order valence-corrected chi connectivity index (χ1v) is 6.27. The molecule has 2 rings (SSSR count). The Labute approximate surface area is 118 Å². The third-order valence-corrected chi connectivity index (χ3v) is 2.95. The number of rotatable bonds is 5. The van der Waals surface area contributed by atoms with Crippen molar-refractivity contribution in [2.45, 2.75) is 13.5 Å². The Morgan fingerprint density at radius 1 is 1.15 bits per heavy atom. The van der Waals surface area contributed by atoms with Gasteiger partial charge in [-0.15, -0.1) is 0 Å². The molecular weight excluding hydrogens is 254 g/mol. The van der Waals surface area contributed by atoms with E-state index < -0.39 is 0 Å². The molecular formula is C16H17NO3. The molecule has 0 saturated heterocycles. The molecule has 0 heterocycles. The average molecular weight is 271 g/mol. The molecule has 0 aromatic heterocycles. The normalized spacial score (nSPS) is 10.1. The van der Waals surface area contributed by atoms with Gasteiger partial charge in [-0.25, -0.2) is 0 Å². The molecule has 4 nitrogen and oxygen atoms in total. The number of nitrogen functional groups attached to an aromatic ring is 1. The lowest BCUT2D eigenvalue weighted by atomic mass is 10.1. The Hall–Kier alpha value is -2.49. The number of ether oxygens (including phenoxy) is 2. The second-order valence-corrected chi connectivity index (χ2v) is 4.42. The molecule has 20 heavy (non-hydrogen) atoms. The van der Waals surface area contributed by atoms with Gasteiger partial charge in [-0.3, -0.25) is 4.79 Å². The Morgan fingerprint density at radius 2 is 1.85 bits per heavy atom. The first kappa shape index (κ1) is 13.9. The van der Waals surface area contributed by atoms with Crippen molar-refractivity contribution in [1.29, 1.82) is 0 Å². The number of nitrogens with two attached hydrogens (primary N) is 1. The van der Waals surface area contributed by atoms with E-state index in [2.05, 4.69) is 0 Å². The zero-order valence-corrected chi connectivity index (χ0v) is 11.6. The maximum atomic E-state index is 11.5. The van der Waals surface area contributed by atoms with Crippen molar-refractivity contribution in [1.82, 2.24) is 0 Å². The Morgan fingerprint density at radius 3 is 2.45 bits per heavy atom. The third kappa shape index (κ3) is 3.09. The van der Waals surface area contributed by atoms with Crippen LogP contribution in [0.4, 0.5) is 5.69 Å². The summed E-state index contributed by atoms with van der Waals surface area (Å²) in [5.41, 5.74) is 7.84. The fraction of sp³-hybridized carbons (Fsp3) is 0.188. The highest BCUT2D eigenvalue weighted by atomic mass is 16.5. The summed E-state index contributed by atoms with van der Waals surface area (Å²) in [5.74, 6) is 0.883. The summed E-state index contributed by atoms with van der Waals surface area (Å²) in [6.07, 6.45) is 0. The van der Waals surface area contributed by atoms with Gasteiger partial charge < -0.3 is 15.2 Å². The van der Waals surface area contributed by atoms with Gasteiger partial charge in [0.2, 0.25) is 0 Å². The number of benzene rings is 2. The van der Waals surface area contributed by atoms with Crippen LogP contribution in [-0.4, -0.2) is 12.9 Å². The molecule has 0 aliphatic rings. The van der Waals surface area contributed by atoms with Crippen molar-refractivity contribution < 1.29 is 14.3 Å². The van der Waals surface area contributed by atoms with Gasteiger partial charge in [-0.05, 0) is 18.6 Å². The minimum absolute atomic E-state index is 0.0943. The molecule has 0 amide bonds. The molecule has 2 aromatic rings. The molecule has 0 unspecified atom stereocenters. The smallest absolute Gasteiger partial charge is 0.163 e. The van der Waals surface area contributed by atoms with Gasteiger partial charge >= 0.3 is 0 Å². The van der Waals surface area contributed by atoms with Crippen LogP contribution in [0.5, 0.6) is 11.5 Å². The van der Waals surface area contributed by atoms with E-state index in [-0.39, 0.29) is 5.78 Å². The number of anilines is 1. The van der Waals surface area contributed by atoms with Crippen LogP contribution in [0.1, 0.15) is 22.8 Å². The molecule has 0 aliphatic heterocycles. The summed E-state index contributed by atoms with van der Waals surface area (Å²) < 4.78 is 10.9. The molecule has 104 valence electrons. The Kier molecular flexibility index (Phi) is 4.25. The van der Waals surface area contributed by atoms with Gasteiger partial charge in [-0.2, -0.15) is 0 Å². The molecule has 0 bridgehead atoms. The number of hydrogen-bond acceptors (Lipinski definition) is 4. The second-order valence-electron chi connectivity index (χ2n) is 4.42. The van der Waals surface area contributed by atoms with E-state index >= 15 is 0 Å². The van der Waals surface area contributed by atoms with E-state index in [0.29, 0.717) is 29.4 Å². The fourth-order valence-electron chi connectivity index (χ4n) is 1.88. The van der Waals surface area contributed by atoms with E-state index in [9.17, 15) is 4.79 Å². The summed E-state index contributed by atoms with van der Waals surface area (Å²) in [5, 5.41) is 0. The lowest BCUT2D eigenvalue weighted by molar-refractivity contribution is 0.101. The van der Waals surface area contributed by atoms with E-state index in [1.54, 1.807) is 12.1 Å². The predicted molar refractivity (Wildman–Crippen MR) is 78.2 cm³/mol. The van der Waals surface area contributed by atoms with Gasteiger partial charge in [0.05, 0.1) is 18.4 Å². The highest BCUT2D eigenvalue weighted by Crippen LogP contribution is 2.31. The minimum atomic E-state index is -0.0943. The van der Waals surface area contributed by atoms with E-state index in [1.165, 1.54) is 14.0 Å². The zero-order chi connectivity index (χ0) is 14.5. The largest absolute Gasteiger partial charge is 0.496 e. The Bertz CT molecular complexity index is 609. The Balaban J connectivity index is 2.22. The summed E-state index contributed by atoms with van der Waals surface area (Å²) in [6.45, 7) is 1.88. The van der Waals surface area contributed by atoms with Crippen molar-refractivity contribution in [2.24, 2.45) is 0 Å². The highest BCUT2D eigenvalue weighted by Gasteiger charge is 2.13. The van der Waals surface area contributed by atoms with Gasteiger partial charge in [0.1, 0.15) is 18.1 Å². The van der Waals surface area contributed by atoms with Crippen LogP contribution in [0.25, 0.3) is 0 Å². The average Bonchev–Trinajstić information content (AvgIpc) is 2.46. The van der Waals surface area contributed by atoms with Crippen LogP contribution < -0.4 is 15.2 Å². The van der Waals surface area contributed by atoms with Crippen LogP contribution >= 0.6 is 0 Å². The quantitative estimate of drug-likeness (QED) is 0.670.